The van der Waals surface area contributed by atoms with E-state index in [0.29, 0.717) is 35.6 Å². The first-order valence-corrected chi connectivity index (χ1v) is 13.6. The first kappa shape index (κ1) is 28.4. The van der Waals surface area contributed by atoms with Crippen molar-refractivity contribution in [1.29, 1.82) is 0 Å². The largest absolute Gasteiger partial charge is 0.476 e. The maximum absolute atomic E-state index is 11.6. The Balaban J connectivity index is 1.58. The molecule has 2 heterocycles. The maximum Gasteiger partial charge on any atom is 0.245 e. The number of hydrogen-bond acceptors (Lipinski definition) is 4. The molecular formula is C31H32Cl2N4O2. The Morgan fingerprint density at radius 2 is 1.85 bits per heavy atom. The summed E-state index contributed by atoms with van der Waals surface area (Å²) in [5.74, 6) is 0.483. The van der Waals surface area contributed by atoms with Crippen LogP contribution in [0, 0.1) is 0 Å². The Bertz CT molecular complexity index is 1490. The number of H-pyrrole nitrogens is 1. The van der Waals surface area contributed by atoms with Crippen LogP contribution in [0.3, 0.4) is 0 Å². The predicted octanol–water partition coefficient (Wildman–Crippen LogP) is 6.85. The van der Waals surface area contributed by atoms with Gasteiger partial charge in [0.2, 0.25) is 11.8 Å². The number of nitrogens with one attached hydrogen (secondary N) is 2. The molecule has 0 atom stereocenters. The fraction of sp³-hybridized carbons (Fsp3) is 0.226. The highest BCUT2D eigenvalue weighted by atomic mass is 35.5. The van der Waals surface area contributed by atoms with Crippen LogP contribution < -0.4 is 10.1 Å². The standard InChI is InChI=1S/C31H32Cl2N4O2/c1-4-22(23-10-5-7-12-25(23)32)29(31-30(33)24-11-6-8-13-26(24)36-31)21-15-16-27(35-20-21)39-19-18-34-17-9-14-28(38)37(2)3/h5-16,20,34,36H,4,17-19H2,1-3H3/b14-9+,29-22+. The van der Waals surface area contributed by atoms with Crippen molar-refractivity contribution in [2.75, 3.05) is 33.8 Å². The normalized spacial score (nSPS) is 12.1. The zero-order valence-corrected chi connectivity index (χ0v) is 23.8. The molecule has 4 rings (SSSR count). The van der Waals surface area contributed by atoms with Crippen molar-refractivity contribution in [3.8, 4) is 5.88 Å². The first-order chi connectivity index (χ1) is 18.9. The van der Waals surface area contributed by atoms with Crippen molar-refractivity contribution in [2.24, 2.45) is 0 Å². The number of aromatic amines is 1. The quantitative estimate of drug-likeness (QED) is 0.155. The number of halogens is 2. The van der Waals surface area contributed by atoms with Gasteiger partial charge in [-0.1, -0.05) is 72.6 Å². The number of para-hydroxylation sites is 1. The van der Waals surface area contributed by atoms with Crippen molar-refractivity contribution in [2.45, 2.75) is 13.3 Å². The van der Waals surface area contributed by atoms with E-state index < -0.39 is 0 Å². The molecule has 0 saturated carbocycles. The van der Waals surface area contributed by atoms with Gasteiger partial charge in [-0.3, -0.25) is 4.79 Å². The number of likely N-dealkylation sites (N-methyl/N-ethyl adjacent to an activating group) is 1. The zero-order chi connectivity index (χ0) is 27.8. The van der Waals surface area contributed by atoms with Gasteiger partial charge in [-0.05, 0) is 35.8 Å². The first-order valence-electron chi connectivity index (χ1n) is 12.8. The molecule has 0 fully saturated rings. The Kier molecular flexibility index (Phi) is 9.82. The summed E-state index contributed by atoms with van der Waals surface area (Å²) in [5, 5.41) is 5.52. The minimum atomic E-state index is -0.0414. The van der Waals surface area contributed by atoms with E-state index in [2.05, 4.69) is 22.2 Å². The van der Waals surface area contributed by atoms with Gasteiger partial charge in [0.15, 0.2) is 0 Å². The molecule has 2 aromatic heterocycles. The third-order valence-electron chi connectivity index (χ3n) is 6.26. The molecule has 1 amide bonds. The van der Waals surface area contributed by atoms with Crippen LogP contribution in [0.1, 0.15) is 30.2 Å². The summed E-state index contributed by atoms with van der Waals surface area (Å²) < 4.78 is 5.83. The summed E-state index contributed by atoms with van der Waals surface area (Å²) >= 11 is 13.6. The van der Waals surface area contributed by atoms with Gasteiger partial charge < -0.3 is 19.9 Å². The van der Waals surface area contributed by atoms with E-state index in [1.54, 1.807) is 26.2 Å². The van der Waals surface area contributed by atoms with Gasteiger partial charge in [0.25, 0.3) is 0 Å². The van der Waals surface area contributed by atoms with E-state index in [-0.39, 0.29) is 5.91 Å². The number of amides is 1. The minimum Gasteiger partial charge on any atom is -0.476 e. The van der Waals surface area contributed by atoms with Crippen molar-refractivity contribution in [3.63, 3.8) is 0 Å². The highest BCUT2D eigenvalue weighted by molar-refractivity contribution is 6.38. The molecule has 39 heavy (non-hydrogen) atoms. The number of benzene rings is 2. The summed E-state index contributed by atoms with van der Waals surface area (Å²) in [6.45, 7) is 3.75. The smallest absolute Gasteiger partial charge is 0.245 e. The fourth-order valence-electron chi connectivity index (χ4n) is 4.29. The molecule has 0 unspecified atom stereocenters. The minimum absolute atomic E-state index is 0.0414. The lowest BCUT2D eigenvalue weighted by atomic mass is 9.91. The number of carbonyl (C=O) groups is 1. The summed E-state index contributed by atoms with van der Waals surface area (Å²) in [6.07, 6.45) is 5.89. The highest BCUT2D eigenvalue weighted by Crippen LogP contribution is 2.41. The number of aromatic nitrogens is 2. The van der Waals surface area contributed by atoms with Gasteiger partial charge in [-0.2, -0.15) is 0 Å². The van der Waals surface area contributed by atoms with Gasteiger partial charge in [0, 0.05) is 72.6 Å². The number of nitrogens with zero attached hydrogens (tertiary/aromatic N) is 2. The summed E-state index contributed by atoms with van der Waals surface area (Å²) in [4.78, 5) is 21.2. The van der Waals surface area contributed by atoms with Crippen molar-refractivity contribution in [1.82, 2.24) is 20.2 Å². The summed E-state index contributed by atoms with van der Waals surface area (Å²) in [5.41, 5.74) is 5.67. The molecule has 0 aliphatic rings. The van der Waals surface area contributed by atoms with E-state index in [9.17, 15) is 4.79 Å². The zero-order valence-electron chi connectivity index (χ0n) is 22.3. The third kappa shape index (κ3) is 6.90. The second-order valence-electron chi connectivity index (χ2n) is 9.12. The van der Waals surface area contributed by atoms with Crippen molar-refractivity contribution < 1.29 is 9.53 Å². The van der Waals surface area contributed by atoms with Crippen LogP contribution >= 0.6 is 23.2 Å². The molecule has 0 aliphatic carbocycles. The van der Waals surface area contributed by atoms with Crippen LogP contribution in [-0.2, 0) is 4.79 Å². The van der Waals surface area contributed by atoms with Crippen LogP contribution in [0.4, 0.5) is 0 Å². The maximum atomic E-state index is 11.6. The highest BCUT2D eigenvalue weighted by Gasteiger charge is 2.21. The van der Waals surface area contributed by atoms with Crippen LogP contribution in [0.15, 0.2) is 79.0 Å². The van der Waals surface area contributed by atoms with Gasteiger partial charge in [0.1, 0.15) is 6.61 Å². The number of hydrogen-bond donors (Lipinski definition) is 2. The van der Waals surface area contributed by atoms with Gasteiger partial charge in [-0.25, -0.2) is 4.98 Å². The third-order valence-corrected chi connectivity index (χ3v) is 6.99. The van der Waals surface area contributed by atoms with Gasteiger partial charge >= 0.3 is 0 Å². The molecule has 0 spiro atoms. The number of ether oxygens (including phenoxy) is 1. The molecule has 2 aromatic carbocycles. The van der Waals surface area contributed by atoms with Crippen LogP contribution in [0.2, 0.25) is 10.0 Å². The van der Waals surface area contributed by atoms with Crippen LogP contribution in [0.5, 0.6) is 5.88 Å². The SMILES string of the molecule is CC/C(=C(/c1ccc(OCCNC/C=C/C(=O)N(C)C)nc1)c1[nH]c2ccccc2c1Cl)c1ccccc1Cl. The second-order valence-corrected chi connectivity index (χ2v) is 9.90. The summed E-state index contributed by atoms with van der Waals surface area (Å²) in [6, 6.07) is 19.7. The lowest BCUT2D eigenvalue weighted by Crippen LogP contribution is -2.22. The number of fused-ring (bicyclic) bond motifs is 1. The number of allylic oxidation sites excluding steroid dienone is 1. The summed E-state index contributed by atoms with van der Waals surface area (Å²) in [7, 11) is 3.44. The Morgan fingerprint density at radius 1 is 1.08 bits per heavy atom. The van der Waals surface area contributed by atoms with Crippen LogP contribution in [-0.4, -0.2) is 54.6 Å². The van der Waals surface area contributed by atoms with Crippen molar-refractivity contribution in [3.05, 3.63) is 106 Å². The molecule has 2 N–H and O–H groups in total. The lowest BCUT2D eigenvalue weighted by molar-refractivity contribution is -0.123. The molecule has 202 valence electrons. The predicted molar refractivity (Wildman–Crippen MR) is 161 cm³/mol. The molecule has 8 heteroatoms. The van der Waals surface area contributed by atoms with Crippen LogP contribution in [0.25, 0.3) is 22.0 Å². The number of rotatable bonds is 11. The Morgan fingerprint density at radius 3 is 2.54 bits per heavy atom. The lowest BCUT2D eigenvalue weighted by Gasteiger charge is -2.16. The van der Waals surface area contributed by atoms with Crippen molar-refractivity contribution >= 4 is 51.2 Å². The van der Waals surface area contributed by atoms with E-state index in [4.69, 9.17) is 27.9 Å². The average molecular weight is 564 g/mol. The average Bonchev–Trinajstić information content (AvgIpc) is 3.27. The van der Waals surface area contributed by atoms with E-state index >= 15 is 0 Å². The number of pyridine rings is 1. The molecular weight excluding hydrogens is 531 g/mol. The molecule has 0 aliphatic heterocycles. The Hall–Kier alpha value is -3.58. The molecule has 0 saturated heterocycles. The van der Waals surface area contributed by atoms with E-state index in [1.807, 2.05) is 66.9 Å². The molecule has 0 radical (unpaired) electrons. The second kappa shape index (κ2) is 13.5. The fourth-order valence-corrected chi connectivity index (χ4v) is 4.85. The monoisotopic (exact) mass is 562 g/mol. The van der Waals surface area contributed by atoms with Gasteiger partial charge in [-0.15, -0.1) is 0 Å². The van der Waals surface area contributed by atoms with Gasteiger partial charge in [0.05, 0.1) is 10.7 Å². The van der Waals surface area contributed by atoms with E-state index in [1.165, 1.54) is 4.90 Å². The number of carbonyl (C=O) groups excluding carboxylic acids is 1. The molecule has 4 aromatic rings. The molecule has 6 nitrogen and oxygen atoms in total. The Labute approximate surface area is 239 Å². The van der Waals surface area contributed by atoms with E-state index in [0.717, 1.165) is 45.3 Å². The topological polar surface area (TPSA) is 70.2 Å². The molecule has 0 bridgehead atoms.